The Hall–Kier alpha value is -1.88. The molecule has 1 aromatic rings. The monoisotopic (exact) mass is 343 g/mol. The summed E-state index contributed by atoms with van der Waals surface area (Å²) in [6.45, 7) is 1.94. The van der Waals surface area contributed by atoms with Crippen molar-refractivity contribution in [2.24, 2.45) is 11.7 Å². The zero-order chi connectivity index (χ0) is 17.6. The molecule has 3 rings (SSSR count). The summed E-state index contributed by atoms with van der Waals surface area (Å²) in [5.74, 6) is -0.0732. The van der Waals surface area contributed by atoms with E-state index in [1.54, 1.807) is 0 Å². The molecule has 4 N–H and O–H groups in total. The zero-order valence-corrected chi connectivity index (χ0v) is 14.9. The van der Waals surface area contributed by atoms with Crippen molar-refractivity contribution in [1.29, 1.82) is 0 Å². The van der Waals surface area contributed by atoms with Crippen molar-refractivity contribution in [3.8, 4) is 0 Å². The van der Waals surface area contributed by atoms with E-state index >= 15 is 0 Å². The number of benzene rings is 1. The number of rotatable bonds is 5. The van der Waals surface area contributed by atoms with Crippen LogP contribution in [0.2, 0.25) is 0 Å². The van der Waals surface area contributed by atoms with Crippen molar-refractivity contribution >= 4 is 11.8 Å². The highest BCUT2D eigenvalue weighted by atomic mass is 16.2. The van der Waals surface area contributed by atoms with E-state index in [1.807, 2.05) is 12.1 Å². The van der Waals surface area contributed by atoms with Gasteiger partial charge in [-0.3, -0.25) is 9.59 Å². The average molecular weight is 343 g/mol. The van der Waals surface area contributed by atoms with Gasteiger partial charge in [-0.05, 0) is 68.0 Å². The average Bonchev–Trinajstić information content (AvgIpc) is 2.86. The highest BCUT2D eigenvalue weighted by molar-refractivity contribution is 5.95. The van der Waals surface area contributed by atoms with Crippen LogP contribution >= 0.6 is 0 Å². The van der Waals surface area contributed by atoms with Crippen molar-refractivity contribution in [1.82, 2.24) is 10.6 Å². The predicted octanol–water partition coefficient (Wildman–Crippen LogP) is 1.93. The number of nitrogens with two attached hydrogens (primary N) is 1. The molecule has 1 aliphatic heterocycles. The van der Waals surface area contributed by atoms with Gasteiger partial charge in [0.1, 0.15) is 0 Å². The Bertz CT molecular complexity index is 623. The lowest BCUT2D eigenvalue weighted by Crippen LogP contribution is -2.43. The molecule has 2 amide bonds. The van der Waals surface area contributed by atoms with Crippen LogP contribution in [-0.4, -0.2) is 30.9 Å². The van der Waals surface area contributed by atoms with Gasteiger partial charge in [-0.1, -0.05) is 25.3 Å². The van der Waals surface area contributed by atoms with Gasteiger partial charge in [0.2, 0.25) is 5.91 Å². The number of carbonyl (C=O) groups is 2. The van der Waals surface area contributed by atoms with E-state index in [9.17, 15) is 9.59 Å². The second kappa shape index (κ2) is 8.48. The minimum absolute atomic E-state index is 0.0863. The van der Waals surface area contributed by atoms with E-state index in [2.05, 4.69) is 16.7 Å². The van der Waals surface area contributed by atoms with Gasteiger partial charge < -0.3 is 16.4 Å². The van der Waals surface area contributed by atoms with Crippen LogP contribution in [-0.2, 0) is 17.6 Å². The van der Waals surface area contributed by atoms with E-state index in [0.717, 1.165) is 38.8 Å². The molecule has 5 nitrogen and oxygen atoms in total. The molecule has 0 radical (unpaired) electrons. The molecule has 0 spiro atoms. The van der Waals surface area contributed by atoms with Crippen molar-refractivity contribution in [3.05, 3.63) is 34.9 Å². The Kier molecular flexibility index (Phi) is 6.08. The van der Waals surface area contributed by atoms with Crippen molar-refractivity contribution in [3.63, 3.8) is 0 Å². The van der Waals surface area contributed by atoms with Gasteiger partial charge >= 0.3 is 0 Å². The standard InChI is InChI=1S/C20H29N3O2/c21-19(24)13-18(15-4-2-1-3-5-15)23-20(25)17-7-6-14-8-10-22-11-9-16(14)12-17/h6-7,12,15,18,22H,1-5,8-11,13H2,(H2,21,24)(H,23,25)/t18-/m1/s1. The summed E-state index contributed by atoms with van der Waals surface area (Å²) in [4.78, 5) is 24.2. The minimum atomic E-state index is -0.344. The number of hydrogen-bond donors (Lipinski definition) is 3. The number of amides is 2. The summed E-state index contributed by atoms with van der Waals surface area (Å²) in [5.41, 5.74) is 8.69. The molecule has 0 bridgehead atoms. The smallest absolute Gasteiger partial charge is 0.251 e. The molecule has 1 heterocycles. The lowest BCUT2D eigenvalue weighted by Gasteiger charge is -2.30. The summed E-state index contributed by atoms with van der Waals surface area (Å²) in [6.07, 6.45) is 7.89. The summed E-state index contributed by atoms with van der Waals surface area (Å²) in [6, 6.07) is 5.84. The molecule has 25 heavy (non-hydrogen) atoms. The van der Waals surface area contributed by atoms with E-state index in [1.165, 1.54) is 30.4 Å². The lowest BCUT2D eigenvalue weighted by molar-refractivity contribution is -0.118. The fraction of sp³-hybridized carbons (Fsp3) is 0.600. The third kappa shape index (κ3) is 4.82. The van der Waals surface area contributed by atoms with Gasteiger partial charge in [-0.15, -0.1) is 0 Å². The molecule has 1 saturated carbocycles. The van der Waals surface area contributed by atoms with Crippen LogP contribution in [0.15, 0.2) is 18.2 Å². The Morgan fingerprint density at radius 1 is 1.12 bits per heavy atom. The van der Waals surface area contributed by atoms with Crippen molar-refractivity contribution in [2.45, 2.75) is 57.4 Å². The molecular weight excluding hydrogens is 314 g/mol. The van der Waals surface area contributed by atoms with Crippen LogP contribution in [0.1, 0.15) is 60.0 Å². The number of nitrogens with one attached hydrogen (secondary N) is 2. The number of hydrogen-bond acceptors (Lipinski definition) is 3. The third-order valence-electron chi connectivity index (χ3n) is 5.57. The first-order valence-corrected chi connectivity index (χ1v) is 9.55. The highest BCUT2D eigenvalue weighted by Gasteiger charge is 2.27. The Labute approximate surface area is 149 Å². The SMILES string of the molecule is NC(=O)C[C@@H](NC(=O)c1ccc2c(c1)CCNCC2)C1CCCCC1. The topological polar surface area (TPSA) is 84.2 Å². The highest BCUT2D eigenvalue weighted by Crippen LogP contribution is 2.28. The zero-order valence-electron chi connectivity index (χ0n) is 14.9. The fourth-order valence-electron chi connectivity index (χ4n) is 4.16. The first-order valence-electron chi connectivity index (χ1n) is 9.55. The van der Waals surface area contributed by atoms with Gasteiger partial charge in [0.05, 0.1) is 0 Å². The molecule has 1 aromatic carbocycles. The quantitative estimate of drug-likeness (QED) is 0.764. The molecule has 1 atom stereocenters. The minimum Gasteiger partial charge on any atom is -0.370 e. The fourth-order valence-corrected chi connectivity index (χ4v) is 4.16. The van der Waals surface area contributed by atoms with Gasteiger partial charge in [0.15, 0.2) is 0 Å². The largest absolute Gasteiger partial charge is 0.370 e. The number of primary amides is 1. The Morgan fingerprint density at radius 2 is 1.84 bits per heavy atom. The van der Waals surface area contributed by atoms with Crippen LogP contribution in [0.4, 0.5) is 0 Å². The maximum atomic E-state index is 12.8. The second-order valence-corrected chi connectivity index (χ2v) is 7.38. The van der Waals surface area contributed by atoms with Crippen molar-refractivity contribution in [2.75, 3.05) is 13.1 Å². The van der Waals surface area contributed by atoms with Gasteiger partial charge in [0, 0.05) is 18.0 Å². The molecule has 5 heteroatoms. The molecular formula is C20H29N3O2. The number of fused-ring (bicyclic) bond motifs is 1. The van der Waals surface area contributed by atoms with Gasteiger partial charge in [-0.2, -0.15) is 0 Å². The van der Waals surface area contributed by atoms with Gasteiger partial charge in [-0.25, -0.2) is 0 Å². The molecule has 136 valence electrons. The molecule has 0 unspecified atom stereocenters. The molecule has 1 aliphatic carbocycles. The molecule has 0 saturated heterocycles. The number of carbonyl (C=O) groups excluding carboxylic acids is 2. The Morgan fingerprint density at radius 3 is 2.56 bits per heavy atom. The van der Waals surface area contributed by atoms with Crippen LogP contribution in [0.25, 0.3) is 0 Å². The van der Waals surface area contributed by atoms with E-state index < -0.39 is 0 Å². The molecule has 2 aliphatic rings. The maximum Gasteiger partial charge on any atom is 0.251 e. The van der Waals surface area contributed by atoms with E-state index in [0.29, 0.717) is 11.5 Å². The molecule has 1 fully saturated rings. The maximum absolute atomic E-state index is 12.8. The van der Waals surface area contributed by atoms with Crippen LogP contribution in [0, 0.1) is 5.92 Å². The molecule has 0 aromatic heterocycles. The first kappa shape index (κ1) is 17.9. The van der Waals surface area contributed by atoms with E-state index in [4.69, 9.17) is 5.73 Å². The summed E-state index contributed by atoms with van der Waals surface area (Å²) < 4.78 is 0. The van der Waals surface area contributed by atoms with Crippen LogP contribution in [0.5, 0.6) is 0 Å². The van der Waals surface area contributed by atoms with Crippen molar-refractivity contribution < 1.29 is 9.59 Å². The summed E-state index contributed by atoms with van der Waals surface area (Å²) in [5, 5.41) is 6.49. The van der Waals surface area contributed by atoms with Gasteiger partial charge in [0.25, 0.3) is 5.91 Å². The van der Waals surface area contributed by atoms with Crippen LogP contribution < -0.4 is 16.4 Å². The summed E-state index contributed by atoms with van der Waals surface area (Å²) in [7, 11) is 0. The second-order valence-electron chi connectivity index (χ2n) is 7.38. The third-order valence-corrected chi connectivity index (χ3v) is 5.57. The first-order chi connectivity index (χ1) is 12.1. The summed E-state index contributed by atoms with van der Waals surface area (Å²) >= 11 is 0. The van der Waals surface area contributed by atoms with Crippen LogP contribution in [0.3, 0.4) is 0 Å². The Balaban J connectivity index is 1.71. The normalized spacial score (nSPS) is 19.5. The predicted molar refractivity (Wildman–Crippen MR) is 98.4 cm³/mol. The van der Waals surface area contributed by atoms with E-state index in [-0.39, 0.29) is 24.3 Å². The lowest BCUT2D eigenvalue weighted by atomic mass is 9.82.